The summed E-state index contributed by atoms with van der Waals surface area (Å²) < 4.78 is 33.6. The molecular weight excluding hydrogens is 403 g/mol. The van der Waals surface area contributed by atoms with Crippen molar-refractivity contribution in [3.8, 4) is 5.82 Å². The quantitative estimate of drug-likeness (QED) is 0.781. The molecule has 2 aliphatic rings. The van der Waals surface area contributed by atoms with E-state index in [0.29, 0.717) is 11.6 Å². The maximum absolute atomic E-state index is 12.5. The first-order chi connectivity index (χ1) is 14.2. The van der Waals surface area contributed by atoms with E-state index >= 15 is 0 Å². The summed E-state index contributed by atoms with van der Waals surface area (Å²) in [6, 6.07) is 4.39. The maximum Gasteiger partial charge on any atom is 0.490 e. The molecule has 4 rings (SSSR count). The Kier molecular flexibility index (Phi) is 6.40. The minimum absolute atomic E-state index is 0.00965. The van der Waals surface area contributed by atoms with E-state index < -0.39 is 12.1 Å². The van der Waals surface area contributed by atoms with Gasteiger partial charge in [-0.1, -0.05) is 13.0 Å². The number of carboxylic acids is 1. The van der Waals surface area contributed by atoms with Gasteiger partial charge in [0.25, 0.3) is 5.91 Å². The van der Waals surface area contributed by atoms with E-state index in [0.717, 1.165) is 56.0 Å². The summed E-state index contributed by atoms with van der Waals surface area (Å²) in [5.41, 5.74) is 2.77. The van der Waals surface area contributed by atoms with Gasteiger partial charge >= 0.3 is 12.1 Å². The highest BCUT2D eigenvalue weighted by atomic mass is 19.4. The van der Waals surface area contributed by atoms with Gasteiger partial charge in [0, 0.05) is 30.9 Å². The van der Waals surface area contributed by atoms with Crippen molar-refractivity contribution in [2.24, 2.45) is 0 Å². The Balaban J connectivity index is 0.000000318. The third kappa shape index (κ3) is 5.15. The van der Waals surface area contributed by atoms with Crippen LogP contribution in [0.5, 0.6) is 0 Å². The topological polar surface area (TPSA) is 100 Å². The van der Waals surface area contributed by atoms with Crippen LogP contribution < -0.4 is 5.32 Å². The molecule has 0 spiro atoms. The SMILES string of the molecule is CCCN1Cc2cccnc2-n2ncc(C(=O)NC3CC3)c2C1.O=C(O)C(F)(F)F. The van der Waals surface area contributed by atoms with Crippen LogP contribution in [0.25, 0.3) is 5.82 Å². The number of hydrogen-bond acceptors (Lipinski definition) is 5. The number of fused-ring (bicyclic) bond motifs is 3. The van der Waals surface area contributed by atoms with Crippen molar-refractivity contribution < 1.29 is 27.9 Å². The molecule has 0 saturated heterocycles. The summed E-state index contributed by atoms with van der Waals surface area (Å²) in [6.45, 7) is 4.72. The molecule has 162 valence electrons. The van der Waals surface area contributed by atoms with Gasteiger partial charge < -0.3 is 10.4 Å². The molecule has 2 aromatic heterocycles. The van der Waals surface area contributed by atoms with Crippen LogP contribution in [0.4, 0.5) is 13.2 Å². The Morgan fingerprint density at radius 1 is 1.30 bits per heavy atom. The highest BCUT2D eigenvalue weighted by Crippen LogP contribution is 2.26. The van der Waals surface area contributed by atoms with Crippen molar-refractivity contribution in [3.63, 3.8) is 0 Å². The molecule has 3 heterocycles. The Hall–Kier alpha value is -2.95. The third-order valence-corrected chi connectivity index (χ3v) is 4.64. The van der Waals surface area contributed by atoms with Crippen LogP contribution in [0.15, 0.2) is 24.5 Å². The highest BCUT2D eigenvalue weighted by Gasteiger charge is 2.38. The van der Waals surface area contributed by atoms with Crippen LogP contribution in [0, 0.1) is 0 Å². The molecule has 2 N–H and O–H groups in total. The number of amides is 1. The van der Waals surface area contributed by atoms with E-state index in [4.69, 9.17) is 9.90 Å². The lowest BCUT2D eigenvalue weighted by Crippen LogP contribution is -2.28. The second-order valence-corrected chi connectivity index (χ2v) is 7.16. The van der Waals surface area contributed by atoms with E-state index in [2.05, 4.69) is 33.3 Å². The fraction of sp³-hybridized carbons (Fsp3) is 0.474. The number of pyridine rings is 1. The Bertz CT molecular complexity index is 924. The van der Waals surface area contributed by atoms with Crippen LogP contribution in [0.2, 0.25) is 0 Å². The van der Waals surface area contributed by atoms with Crippen molar-refractivity contribution in [2.45, 2.75) is 51.5 Å². The van der Waals surface area contributed by atoms with E-state index in [1.807, 2.05) is 10.7 Å². The molecule has 2 aromatic rings. The first-order valence-electron chi connectivity index (χ1n) is 9.55. The van der Waals surface area contributed by atoms with Gasteiger partial charge in [0.05, 0.1) is 17.5 Å². The van der Waals surface area contributed by atoms with Crippen molar-refractivity contribution >= 4 is 11.9 Å². The van der Waals surface area contributed by atoms with E-state index in [-0.39, 0.29) is 5.91 Å². The van der Waals surface area contributed by atoms with E-state index in [9.17, 15) is 18.0 Å². The molecule has 11 heteroatoms. The lowest BCUT2D eigenvalue weighted by atomic mass is 10.2. The summed E-state index contributed by atoms with van der Waals surface area (Å²) in [7, 11) is 0. The molecule has 0 aromatic carbocycles. The van der Waals surface area contributed by atoms with Gasteiger partial charge in [0.15, 0.2) is 5.82 Å². The molecule has 0 atom stereocenters. The molecule has 0 bridgehead atoms. The van der Waals surface area contributed by atoms with Crippen molar-refractivity contribution in [1.29, 1.82) is 0 Å². The number of alkyl halides is 3. The van der Waals surface area contributed by atoms with Gasteiger partial charge in [-0.2, -0.15) is 18.3 Å². The maximum atomic E-state index is 12.5. The summed E-state index contributed by atoms with van der Waals surface area (Å²) >= 11 is 0. The molecule has 30 heavy (non-hydrogen) atoms. The normalized spacial score (nSPS) is 15.9. The second kappa shape index (κ2) is 8.82. The van der Waals surface area contributed by atoms with Gasteiger partial charge in [0.1, 0.15) is 0 Å². The lowest BCUT2D eigenvalue weighted by Gasteiger charge is -2.19. The van der Waals surface area contributed by atoms with Gasteiger partial charge in [-0.15, -0.1) is 0 Å². The number of aliphatic carboxylic acids is 1. The fourth-order valence-corrected chi connectivity index (χ4v) is 3.12. The Labute approximate surface area is 170 Å². The zero-order chi connectivity index (χ0) is 21.9. The van der Waals surface area contributed by atoms with Crippen LogP contribution in [0.1, 0.15) is 47.8 Å². The van der Waals surface area contributed by atoms with Gasteiger partial charge in [-0.25, -0.2) is 14.5 Å². The van der Waals surface area contributed by atoms with Crippen LogP contribution >= 0.6 is 0 Å². The molecule has 0 radical (unpaired) electrons. The first kappa shape index (κ1) is 21.8. The molecular formula is C19H22F3N5O3. The largest absolute Gasteiger partial charge is 0.490 e. The minimum Gasteiger partial charge on any atom is -0.475 e. The molecule has 8 nitrogen and oxygen atoms in total. The number of nitrogens with one attached hydrogen (secondary N) is 1. The molecule has 1 fully saturated rings. The molecule has 0 unspecified atom stereocenters. The number of halogens is 3. The Morgan fingerprint density at radius 3 is 2.60 bits per heavy atom. The lowest BCUT2D eigenvalue weighted by molar-refractivity contribution is -0.192. The third-order valence-electron chi connectivity index (χ3n) is 4.64. The van der Waals surface area contributed by atoms with Gasteiger partial charge in [-0.3, -0.25) is 9.69 Å². The second-order valence-electron chi connectivity index (χ2n) is 7.16. The Morgan fingerprint density at radius 2 is 2.00 bits per heavy atom. The predicted molar refractivity (Wildman–Crippen MR) is 99.9 cm³/mol. The first-order valence-corrected chi connectivity index (χ1v) is 9.55. The standard InChI is InChI=1S/C17H21N5O.C2HF3O2/c1-2-8-21-10-12-4-3-7-18-16(12)22-15(11-21)14(9-19-22)17(23)20-13-5-6-13;3-2(4,5)1(6)7/h3-4,7,9,13H,2,5-6,8,10-11H2,1H3,(H,20,23);(H,6,7). The smallest absolute Gasteiger partial charge is 0.475 e. The average Bonchev–Trinajstić information content (AvgIpc) is 3.42. The monoisotopic (exact) mass is 425 g/mol. The van der Waals surface area contributed by atoms with Gasteiger partial charge in [-0.05, 0) is 31.9 Å². The van der Waals surface area contributed by atoms with Crippen molar-refractivity contribution in [3.05, 3.63) is 41.3 Å². The number of aromatic nitrogens is 3. The molecule has 1 aliphatic carbocycles. The molecule has 1 saturated carbocycles. The predicted octanol–water partition coefficient (Wildman–Crippen LogP) is 2.52. The summed E-state index contributed by atoms with van der Waals surface area (Å²) in [4.78, 5) is 28.3. The highest BCUT2D eigenvalue weighted by molar-refractivity contribution is 5.95. The van der Waals surface area contributed by atoms with Crippen molar-refractivity contribution in [1.82, 2.24) is 25.0 Å². The van der Waals surface area contributed by atoms with Crippen LogP contribution in [-0.2, 0) is 17.9 Å². The van der Waals surface area contributed by atoms with E-state index in [1.165, 1.54) is 0 Å². The summed E-state index contributed by atoms with van der Waals surface area (Å²) in [5.74, 6) is -1.93. The van der Waals surface area contributed by atoms with Gasteiger partial charge in [0.2, 0.25) is 0 Å². The van der Waals surface area contributed by atoms with Crippen LogP contribution in [0.3, 0.4) is 0 Å². The molecule has 1 amide bonds. The van der Waals surface area contributed by atoms with E-state index in [1.54, 1.807) is 12.4 Å². The number of hydrogen-bond donors (Lipinski definition) is 2. The number of carbonyl (C=O) groups is 2. The number of rotatable bonds is 4. The minimum atomic E-state index is -5.08. The average molecular weight is 425 g/mol. The zero-order valence-electron chi connectivity index (χ0n) is 16.3. The summed E-state index contributed by atoms with van der Waals surface area (Å²) in [5, 5.41) is 14.7. The summed E-state index contributed by atoms with van der Waals surface area (Å²) in [6.07, 6.45) is 1.63. The molecule has 1 aliphatic heterocycles. The zero-order valence-corrected chi connectivity index (χ0v) is 16.3. The van der Waals surface area contributed by atoms with Crippen LogP contribution in [-0.4, -0.2) is 55.4 Å². The number of carboxylic acid groups (broad SMARTS) is 1. The number of nitrogens with zero attached hydrogens (tertiary/aromatic N) is 4. The number of carbonyl (C=O) groups excluding carboxylic acids is 1. The van der Waals surface area contributed by atoms with Crippen molar-refractivity contribution in [2.75, 3.05) is 6.54 Å². The fourth-order valence-electron chi connectivity index (χ4n) is 3.12.